The number of hydrogen-bond acceptors (Lipinski definition) is 4. The lowest BCUT2D eigenvalue weighted by molar-refractivity contribution is 0.238. The normalized spacial score (nSPS) is 12.2. The Hall–Kier alpha value is -1.73. The van der Waals surface area contributed by atoms with Crippen molar-refractivity contribution in [2.45, 2.75) is 39.7 Å². The van der Waals surface area contributed by atoms with Gasteiger partial charge in [0.25, 0.3) is 0 Å². The minimum Gasteiger partial charge on any atom is -0.504 e. The number of benzene rings is 1. The summed E-state index contributed by atoms with van der Waals surface area (Å²) in [5, 5.41) is 19.8. The number of rotatable bonds is 8. The predicted octanol–water partition coefficient (Wildman–Crippen LogP) is 3.48. The fourth-order valence-electron chi connectivity index (χ4n) is 2.21. The maximum Gasteiger partial charge on any atom is 0.163 e. The molecule has 4 heteroatoms. The van der Waals surface area contributed by atoms with E-state index in [1.54, 1.807) is 12.1 Å². The second kappa shape index (κ2) is 8.44. The predicted molar refractivity (Wildman–Crippen MR) is 79.8 cm³/mol. The van der Waals surface area contributed by atoms with Crippen LogP contribution in [0.15, 0.2) is 18.2 Å². The second-order valence-corrected chi connectivity index (χ2v) is 4.64. The molecule has 0 radical (unpaired) electrons. The van der Waals surface area contributed by atoms with Crippen molar-refractivity contribution >= 4 is 0 Å². The molecule has 20 heavy (non-hydrogen) atoms. The Kier molecular flexibility index (Phi) is 6.89. The van der Waals surface area contributed by atoms with Crippen molar-refractivity contribution in [3.8, 4) is 17.6 Å². The van der Waals surface area contributed by atoms with E-state index in [4.69, 9.17) is 4.74 Å². The third kappa shape index (κ3) is 3.88. The number of unbranched alkanes of at least 4 members (excludes halogenated alkanes) is 1. The smallest absolute Gasteiger partial charge is 0.163 e. The molecule has 1 rings (SSSR count). The van der Waals surface area contributed by atoms with Crippen LogP contribution in [0.5, 0.6) is 11.5 Å². The molecule has 0 amide bonds. The summed E-state index contributed by atoms with van der Waals surface area (Å²) in [6.45, 7) is 8.14. The Morgan fingerprint density at radius 2 is 2.10 bits per heavy atom. The summed E-state index contributed by atoms with van der Waals surface area (Å²) in [6, 6.07) is 7.19. The zero-order valence-corrected chi connectivity index (χ0v) is 12.6. The fraction of sp³-hybridized carbons (Fsp3) is 0.562. The van der Waals surface area contributed by atoms with Gasteiger partial charge in [-0.1, -0.05) is 32.4 Å². The number of para-hydroxylation sites is 1. The van der Waals surface area contributed by atoms with E-state index < -0.39 is 6.04 Å². The minimum absolute atomic E-state index is 0.0795. The molecular formula is C16H24N2O2. The lowest BCUT2D eigenvalue weighted by Gasteiger charge is -2.26. The molecule has 4 nitrogen and oxygen atoms in total. The van der Waals surface area contributed by atoms with Crippen LogP contribution in [0.2, 0.25) is 0 Å². The van der Waals surface area contributed by atoms with Gasteiger partial charge in [0.15, 0.2) is 11.5 Å². The van der Waals surface area contributed by atoms with Crippen molar-refractivity contribution in [2.75, 3.05) is 19.7 Å². The SMILES string of the molecule is CCCCN(CC)C(C#N)c1cccc(OCC)c1O. The zero-order valence-electron chi connectivity index (χ0n) is 12.6. The van der Waals surface area contributed by atoms with Gasteiger partial charge in [-0.3, -0.25) is 4.90 Å². The lowest BCUT2D eigenvalue weighted by atomic mass is 10.0. The molecule has 1 unspecified atom stereocenters. The molecule has 0 aliphatic rings. The molecule has 0 saturated carbocycles. The van der Waals surface area contributed by atoms with Gasteiger partial charge < -0.3 is 9.84 Å². The number of ether oxygens (including phenoxy) is 1. The minimum atomic E-state index is -0.438. The van der Waals surface area contributed by atoms with Crippen molar-refractivity contribution in [3.05, 3.63) is 23.8 Å². The molecule has 0 aromatic heterocycles. The van der Waals surface area contributed by atoms with E-state index in [0.29, 0.717) is 17.9 Å². The summed E-state index contributed by atoms with van der Waals surface area (Å²) in [4.78, 5) is 2.08. The highest BCUT2D eigenvalue weighted by Gasteiger charge is 2.23. The van der Waals surface area contributed by atoms with E-state index in [1.807, 2.05) is 19.9 Å². The number of aromatic hydroxyl groups is 1. The fourth-order valence-corrected chi connectivity index (χ4v) is 2.21. The number of phenols is 1. The largest absolute Gasteiger partial charge is 0.504 e. The van der Waals surface area contributed by atoms with Gasteiger partial charge in [0, 0.05) is 5.56 Å². The van der Waals surface area contributed by atoms with Gasteiger partial charge in [0.05, 0.1) is 12.7 Å². The van der Waals surface area contributed by atoms with Gasteiger partial charge in [-0.05, 0) is 32.5 Å². The Balaban J connectivity index is 3.05. The number of hydrogen-bond donors (Lipinski definition) is 1. The zero-order chi connectivity index (χ0) is 15.0. The van der Waals surface area contributed by atoms with Crippen LogP contribution in [-0.4, -0.2) is 29.7 Å². The van der Waals surface area contributed by atoms with Crippen LogP contribution in [0.1, 0.15) is 45.2 Å². The van der Waals surface area contributed by atoms with Crippen molar-refractivity contribution in [1.29, 1.82) is 5.26 Å². The summed E-state index contributed by atoms with van der Waals surface area (Å²) in [5.41, 5.74) is 0.622. The number of nitrogens with zero attached hydrogens (tertiary/aromatic N) is 2. The lowest BCUT2D eigenvalue weighted by Crippen LogP contribution is -2.29. The first kappa shape index (κ1) is 16.3. The van der Waals surface area contributed by atoms with Gasteiger partial charge >= 0.3 is 0 Å². The molecule has 1 N–H and O–H groups in total. The van der Waals surface area contributed by atoms with Crippen LogP contribution in [0.4, 0.5) is 0 Å². The molecule has 0 bridgehead atoms. The Labute approximate surface area is 121 Å². The first-order valence-electron chi connectivity index (χ1n) is 7.27. The molecule has 1 atom stereocenters. The first-order valence-corrected chi connectivity index (χ1v) is 7.27. The molecule has 110 valence electrons. The molecular weight excluding hydrogens is 252 g/mol. The van der Waals surface area contributed by atoms with Crippen molar-refractivity contribution in [3.63, 3.8) is 0 Å². The maximum atomic E-state index is 10.3. The third-order valence-corrected chi connectivity index (χ3v) is 3.32. The van der Waals surface area contributed by atoms with Gasteiger partial charge in [-0.25, -0.2) is 0 Å². The summed E-state index contributed by atoms with van der Waals surface area (Å²) < 4.78 is 5.39. The summed E-state index contributed by atoms with van der Waals surface area (Å²) in [5.74, 6) is 0.521. The quantitative estimate of drug-likeness (QED) is 0.789. The molecule has 1 aromatic carbocycles. The van der Waals surface area contributed by atoms with E-state index in [0.717, 1.165) is 25.9 Å². The van der Waals surface area contributed by atoms with Crippen molar-refractivity contribution < 1.29 is 9.84 Å². The Morgan fingerprint density at radius 3 is 2.65 bits per heavy atom. The van der Waals surface area contributed by atoms with Gasteiger partial charge in [0.1, 0.15) is 6.04 Å². The Bertz CT molecular complexity index is 454. The molecule has 0 saturated heterocycles. The Morgan fingerprint density at radius 1 is 1.35 bits per heavy atom. The van der Waals surface area contributed by atoms with Crippen molar-refractivity contribution in [2.24, 2.45) is 0 Å². The summed E-state index contributed by atoms with van der Waals surface area (Å²) in [7, 11) is 0. The van der Waals surface area contributed by atoms with Crippen LogP contribution in [0, 0.1) is 11.3 Å². The third-order valence-electron chi connectivity index (χ3n) is 3.32. The maximum absolute atomic E-state index is 10.3. The van der Waals surface area contributed by atoms with Crippen LogP contribution in [-0.2, 0) is 0 Å². The van der Waals surface area contributed by atoms with Crippen LogP contribution >= 0.6 is 0 Å². The van der Waals surface area contributed by atoms with E-state index in [1.165, 1.54) is 0 Å². The highest BCUT2D eigenvalue weighted by Crippen LogP contribution is 2.35. The molecule has 1 aromatic rings. The van der Waals surface area contributed by atoms with Crippen LogP contribution < -0.4 is 4.74 Å². The molecule has 0 aliphatic carbocycles. The van der Waals surface area contributed by atoms with Gasteiger partial charge in [0.2, 0.25) is 0 Å². The van der Waals surface area contributed by atoms with Gasteiger partial charge in [-0.2, -0.15) is 5.26 Å². The van der Waals surface area contributed by atoms with Crippen LogP contribution in [0.3, 0.4) is 0 Å². The van der Waals surface area contributed by atoms with E-state index in [-0.39, 0.29) is 5.75 Å². The van der Waals surface area contributed by atoms with Crippen molar-refractivity contribution in [1.82, 2.24) is 4.90 Å². The number of phenolic OH excluding ortho intramolecular Hbond substituents is 1. The van der Waals surface area contributed by atoms with E-state index in [9.17, 15) is 10.4 Å². The summed E-state index contributed by atoms with van der Waals surface area (Å²) >= 11 is 0. The average molecular weight is 276 g/mol. The average Bonchev–Trinajstić information content (AvgIpc) is 2.46. The molecule has 0 fully saturated rings. The first-order chi connectivity index (χ1) is 9.69. The van der Waals surface area contributed by atoms with E-state index >= 15 is 0 Å². The topological polar surface area (TPSA) is 56.5 Å². The second-order valence-electron chi connectivity index (χ2n) is 4.64. The molecule has 0 heterocycles. The highest BCUT2D eigenvalue weighted by atomic mass is 16.5. The number of nitriles is 1. The highest BCUT2D eigenvalue weighted by molar-refractivity contribution is 5.48. The summed E-state index contributed by atoms with van der Waals surface area (Å²) in [6.07, 6.45) is 2.12. The monoisotopic (exact) mass is 276 g/mol. The molecule has 0 aliphatic heterocycles. The molecule has 0 spiro atoms. The standard InChI is InChI=1S/C16H24N2O2/c1-4-7-11-18(5-2)14(12-17)13-9-8-10-15(16(13)19)20-6-3/h8-10,14,19H,4-7,11H2,1-3H3. The van der Waals surface area contributed by atoms with Gasteiger partial charge in [-0.15, -0.1) is 0 Å². The van der Waals surface area contributed by atoms with Crippen LogP contribution in [0.25, 0.3) is 0 Å². The van der Waals surface area contributed by atoms with E-state index in [2.05, 4.69) is 17.9 Å².